The lowest BCUT2D eigenvalue weighted by molar-refractivity contribution is -0.116. The molecule has 1 aliphatic rings. The number of unbranched alkanes of at least 4 members (excludes halogenated alkanes) is 1. The van der Waals surface area contributed by atoms with E-state index in [2.05, 4.69) is 14.5 Å². The van der Waals surface area contributed by atoms with Crippen molar-refractivity contribution in [3.8, 4) is 0 Å². The van der Waals surface area contributed by atoms with Crippen LogP contribution in [0, 0.1) is 0 Å². The number of hydrogen-bond acceptors (Lipinski definition) is 7. The fourth-order valence-corrected chi connectivity index (χ4v) is 4.07. The number of aromatic amines is 1. The number of nitrogens with one attached hydrogen (secondary N) is 1. The molecule has 3 rings (SSSR count). The molecule has 30 heavy (non-hydrogen) atoms. The van der Waals surface area contributed by atoms with Crippen LogP contribution in [0.3, 0.4) is 0 Å². The second-order valence-corrected chi connectivity index (χ2v) is 8.12. The molecule has 0 saturated heterocycles. The van der Waals surface area contributed by atoms with E-state index in [9.17, 15) is 14.4 Å². The molecule has 0 unspecified atom stereocenters. The number of rotatable bonds is 11. The first-order valence-corrected chi connectivity index (χ1v) is 11.0. The Morgan fingerprint density at radius 3 is 2.87 bits per heavy atom. The minimum Gasteiger partial charge on any atom is -0.383 e. The van der Waals surface area contributed by atoms with Crippen LogP contribution in [0.15, 0.2) is 27.1 Å². The molecule has 0 spiro atoms. The van der Waals surface area contributed by atoms with Gasteiger partial charge in [0.15, 0.2) is 10.8 Å². The van der Waals surface area contributed by atoms with Crippen molar-refractivity contribution in [1.29, 1.82) is 0 Å². The van der Waals surface area contributed by atoms with E-state index >= 15 is 0 Å². The maximum Gasteiger partial charge on any atom is 0.330 e. The second-order valence-electron chi connectivity index (χ2n) is 7.17. The number of imidazole rings is 1. The van der Waals surface area contributed by atoms with E-state index in [1.165, 1.54) is 28.3 Å². The molecule has 2 aromatic heterocycles. The number of H-pyrrole nitrogens is 1. The predicted molar refractivity (Wildman–Crippen MR) is 116 cm³/mol. The number of thioether (sulfide) groups is 1. The Hall–Kier alpha value is -2.53. The smallest absolute Gasteiger partial charge is 0.330 e. The summed E-state index contributed by atoms with van der Waals surface area (Å²) in [6, 6.07) is 0.454. The van der Waals surface area contributed by atoms with Crippen LogP contribution < -0.4 is 21.9 Å². The summed E-state index contributed by atoms with van der Waals surface area (Å²) in [7, 11) is 1.51. The number of methoxy groups -OCH3 is 1. The lowest BCUT2D eigenvalue weighted by Crippen LogP contribution is -2.43. The molecule has 0 bridgehead atoms. The molecule has 2 heterocycles. The van der Waals surface area contributed by atoms with Crippen LogP contribution in [-0.2, 0) is 16.1 Å². The van der Waals surface area contributed by atoms with Crippen LogP contribution in [0.1, 0.15) is 38.6 Å². The molecule has 0 aliphatic heterocycles. The minimum absolute atomic E-state index is 0.00821. The largest absolute Gasteiger partial charge is 0.383 e. The van der Waals surface area contributed by atoms with Crippen molar-refractivity contribution in [1.82, 2.24) is 19.1 Å². The molecule has 1 aliphatic carbocycles. The first-order valence-electron chi connectivity index (χ1n) is 10.0. The van der Waals surface area contributed by atoms with Gasteiger partial charge in [-0.05, 0) is 19.3 Å². The van der Waals surface area contributed by atoms with Crippen molar-refractivity contribution in [2.24, 2.45) is 0 Å². The Bertz CT molecular complexity index is 994. The molecule has 1 saturated carbocycles. The van der Waals surface area contributed by atoms with Gasteiger partial charge in [-0.1, -0.05) is 25.1 Å². The summed E-state index contributed by atoms with van der Waals surface area (Å²) in [5, 5.41) is 0.771. The number of amides is 1. The van der Waals surface area contributed by atoms with Gasteiger partial charge in [0.05, 0.1) is 12.4 Å². The normalized spacial score (nSPS) is 13.5. The van der Waals surface area contributed by atoms with Gasteiger partial charge in [0.2, 0.25) is 5.91 Å². The number of carbonyl (C=O) groups excluding carboxylic acids is 1. The first kappa shape index (κ1) is 22.2. The quantitative estimate of drug-likeness (QED) is 0.507. The third-order valence-electron chi connectivity index (χ3n) is 4.94. The summed E-state index contributed by atoms with van der Waals surface area (Å²) in [6.45, 7) is 2.72. The first-order chi connectivity index (χ1) is 14.5. The highest BCUT2D eigenvalue weighted by Gasteiger charge is 2.27. The molecule has 0 atom stereocenters. The van der Waals surface area contributed by atoms with Crippen LogP contribution in [-0.4, -0.2) is 51.0 Å². The van der Waals surface area contributed by atoms with Gasteiger partial charge in [0.25, 0.3) is 5.56 Å². The standard InChI is InChI=1S/C19H28N6O4S/c1-3-4-8-25-16(20)15(17(27)22-18(25)28)24(10-11-29-2)14(26)12-30-19-21-7-9-23(19)13-5-6-13/h7,9,13H,3-6,8,10-12,20H2,1-2H3,(H,22,27,28). The van der Waals surface area contributed by atoms with E-state index in [4.69, 9.17) is 10.5 Å². The van der Waals surface area contributed by atoms with Gasteiger partial charge in [0.1, 0.15) is 5.82 Å². The average Bonchev–Trinajstić information content (AvgIpc) is 3.46. The monoisotopic (exact) mass is 436 g/mol. The number of anilines is 2. The lowest BCUT2D eigenvalue weighted by atomic mass is 10.3. The summed E-state index contributed by atoms with van der Waals surface area (Å²) >= 11 is 1.32. The van der Waals surface area contributed by atoms with E-state index in [1.54, 1.807) is 6.20 Å². The van der Waals surface area contributed by atoms with Crippen molar-refractivity contribution in [3.05, 3.63) is 33.2 Å². The highest BCUT2D eigenvalue weighted by atomic mass is 32.2. The summed E-state index contributed by atoms with van der Waals surface area (Å²) in [5.41, 5.74) is 4.91. The van der Waals surface area contributed by atoms with Crippen LogP contribution in [0.2, 0.25) is 0 Å². The molecular formula is C19H28N6O4S. The van der Waals surface area contributed by atoms with E-state index in [0.717, 1.165) is 30.8 Å². The maximum absolute atomic E-state index is 13.1. The summed E-state index contributed by atoms with van der Waals surface area (Å²) in [6.07, 6.45) is 7.45. The number of nitrogens with zero attached hydrogens (tertiary/aromatic N) is 4. The van der Waals surface area contributed by atoms with Crippen LogP contribution in [0.5, 0.6) is 0 Å². The third-order valence-corrected chi connectivity index (χ3v) is 5.90. The van der Waals surface area contributed by atoms with Crippen molar-refractivity contribution in [2.75, 3.05) is 36.6 Å². The van der Waals surface area contributed by atoms with Gasteiger partial charge in [-0.15, -0.1) is 0 Å². The SMILES string of the molecule is CCCCn1c(N)c(N(CCOC)C(=O)CSc2nccn2C2CC2)c(=O)[nH]c1=O. The molecule has 1 fully saturated rings. The van der Waals surface area contributed by atoms with Crippen molar-refractivity contribution in [3.63, 3.8) is 0 Å². The molecule has 10 nitrogen and oxygen atoms in total. The molecule has 2 aromatic rings. The highest BCUT2D eigenvalue weighted by molar-refractivity contribution is 7.99. The number of nitrogen functional groups attached to an aromatic ring is 1. The Morgan fingerprint density at radius 2 is 2.20 bits per heavy atom. The fourth-order valence-electron chi connectivity index (χ4n) is 3.17. The zero-order valence-electron chi connectivity index (χ0n) is 17.3. The summed E-state index contributed by atoms with van der Waals surface area (Å²) in [5.74, 6) is -0.230. The maximum atomic E-state index is 13.1. The number of nitrogens with two attached hydrogens (primary N) is 1. The summed E-state index contributed by atoms with van der Waals surface area (Å²) < 4.78 is 8.49. The number of ether oxygens (including phenoxy) is 1. The van der Waals surface area contributed by atoms with Gasteiger partial charge < -0.3 is 19.9 Å². The Morgan fingerprint density at radius 1 is 1.43 bits per heavy atom. The minimum atomic E-state index is -0.681. The number of aromatic nitrogens is 4. The van der Waals surface area contributed by atoms with Crippen LogP contribution in [0.4, 0.5) is 11.5 Å². The molecule has 3 N–H and O–H groups in total. The molecular weight excluding hydrogens is 408 g/mol. The van der Waals surface area contributed by atoms with Gasteiger partial charge in [-0.2, -0.15) is 0 Å². The Balaban J connectivity index is 1.85. The highest BCUT2D eigenvalue weighted by Crippen LogP contribution is 2.37. The van der Waals surface area contributed by atoms with Gasteiger partial charge >= 0.3 is 5.69 Å². The van der Waals surface area contributed by atoms with Crippen molar-refractivity contribution >= 4 is 29.2 Å². The van der Waals surface area contributed by atoms with E-state index in [-0.39, 0.29) is 36.3 Å². The van der Waals surface area contributed by atoms with E-state index in [0.29, 0.717) is 12.6 Å². The second kappa shape index (κ2) is 9.98. The number of hydrogen-bond donors (Lipinski definition) is 2. The van der Waals surface area contributed by atoms with Gasteiger partial charge in [-0.25, -0.2) is 9.78 Å². The van der Waals surface area contributed by atoms with E-state index < -0.39 is 11.2 Å². The zero-order chi connectivity index (χ0) is 21.7. The predicted octanol–water partition coefficient (Wildman–Crippen LogP) is 1.22. The molecule has 1 amide bonds. The Labute approximate surface area is 178 Å². The van der Waals surface area contributed by atoms with Crippen molar-refractivity contribution < 1.29 is 9.53 Å². The van der Waals surface area contributed by atoms with Gasteiger partial charge in [-0.3, -0.25) is 19.1 Å². The molecule has 11 heteroatoms. The zero-order valence-corrected chi connectivity index (χ0v) is 18.1. The van der Waals surface area contributed by atoms with Gasteiger partial charge in [0, 0.05) is 38.6 Å². The third kappa shape index (κ3) is 4.96. The Kier molecular flexibility index (Phi) is 7.38. The molecule has 0 aromatic carbocycles. The van der Waals surface area contributed by atoms with Crippen LogP contribution in [0.25, 0.3) is 0 Å². The average molecular weight is 437 g/mol. The fraction of sp³-hybridized carbons (Fsp3) is 0.579. The van der Waals surface area contributed by atoms with E-state index in [1.807, 2.05) is 13.1 Å². The molecule has 164 valence electrons. The summed E-state index contributed by atoms with van der Waals surface area (Å²) in [4.78, 5) is 45.8. The molecule has 0 radical (unpaired) electrons. The number of carbonyl (C=O) groups is 1. The van der Waals surface area contributed by atoms with Crippen LogP contribution >= 0.6 is 11.8 Å². The van der Waals surface area contributed by atoms with Crippen molar-refractivity contribution in [2.45, 2.75) is 50.4 Å². The topological polar surface area (TPSA) is 128 Å². The lowest BCUT2D eigenvalue weighted by Gasteiger charge is -2.24.